The number of aryl methyl sites for hydroxylation is 2. The van der Waals surface area contributed by atoms with Gasteiger partial charge in [-0.05, 0) is 45.9 Å². The molecule has 37 heavy (non-hydrogen) atoms. The number of hydrogen-bond donors (Lipinski definition) is 2. The number of hydrogen-bond acceptors (Lipinski definition) is 9. The molecule has 1 saturated heterocycles. The second-order valence-electron chi connectivity index (χ2n) is 10.0. The summed E-state index contributed by atoms with van der Waals surface area (Å²) >= 11 is 0. The molecule has 1 aliphatic heterocycles. The minimum Gasteiger partial charge on any atom is -0.491 e. The molecular formula is C27H34N6O4. The Morgan fingerprint density at radius 1 is 1.24 bits per heavy atom. The number of likely N-dealkylation sites (N-methyl/N-ethyl adjacent to an activating group) is 1. The van der Waals surface area contributed by atoms with E-state index in [-0.39, 0.29) is 18.1 Å². The number of benzene rings is 1. The average Bonchev–Trinajstić information content (AvgIpc) is 3.56. The van der Waals surface area contributed by atoms with E-state index in [1.165, 1.54) is 0 Å². The Balaban J connectivity index is 1.50. The van der Waals surface area contributed by atoms with E-state index in [9.17, 15) is 9.90 Å². The van der Waals surface area contributed by atoms with Crippen molar-refractivity contribution in [3.63, 3.8) is 0 Å². The highest BCUT2D eigenvalue weighted by Gasteiger charge is 2.52. The van der Waals surface area contributed by atoms with E-state index in [4.69, 9.17) is 19.2 Å². The van der Waals surface area contributed by atoms with Gasteiger partial charge in [-0.1, -0.05) is 17.3 Å². The third-order valence-electron chi connectivity index (χ3n) is 7.16. The van der Waals surface area contributed by atoms with Gasteiger partial charge in [0, 0.05) is 44.7 Å². The Bertz CT molecular complexity index is 1270. The number of carbonyl (C=O) groups excluding carboxylic acids is 1. The highest BCUT2D eigenvalue weighted by atomic mass is 16.5. The van der Waals surface area contributed by atoms with Gasteiger partial charge in [-0.15, -0.1) is 0 Å². The number of rotatable bonds is 8. The number of ether oxygens (including phenoxy) is 1. The molecule has 1 unspecified atom stereocenters. The molecule has 2 N–H and O–H groups in total. The molecule has 1 spiro atoms. The number of aliphatic hydroxyl groups excluding tert-OH is 1. The standard InChI is InChI=1S/C27H34N6O4/c1-17-25(18(2)37-31-17)23-13-24(32-10-11-33(19(3)34)27(16-32)8-9-27)30-26(29-23)20-6-5-7-22(12-20)36-15-21(35)14-28-4/h5-7,12-13,21,28,35H,8-11,14-16H2,1-4H3. The molecule has 0 radical (unpaired) electrons. The van der Waals surface area contributed by atoms with Crippen LogP contribution in [-0.2, 0) is 4.79 Å². The van der Waals surface area contributed by atoms with Crippen molar-refractivity contribution < 1.29 is 19.2 Å². The molecule has 0 bridgehead atoms. The maximum absolute atomic E-state index is 12.2. The first-order valence-corrected chi connectivity index (χ1v) is 12.7. The number of nitrogens with zero attached hydrogens (tertiary/aromatic N) is 5. The summed E-state index contributed by atoms with van der Waals surface area (Å²) in [5.41, 5.74) is 3.07. The second kappa shape index (κ2) is 10.1. The maximum Gasteiger partial charge on any atom is 0.220 e. The normalized spacial score (nSPS) is 17.2. The van der Waals surface area contributed by atoms with Crippen molar-refractivity contribution in [3.8, 4) is 28.4 Å². The summed E-state index contributed by atoms with van der Waals surface area (Å²) in [5, 5.41) is 17.1. The molecular weight excluding hydrogens is 472 g/mol. The Hall–Kier alpha value is -3.50. The number of anilines is 1. The molecule has 2 aliphatic rings. The minimum absolute atomic E-state index is 0.0969. The topological polar surface area (TPSA) is 117 Å². The number of amides is 1. The number of nitrogens with one attached hydrogen (secondary N) is 1. The summed E-state index contributed by atoms with van der Waals surface area (Å²) in [6.45, 7) is 8.19. The molecule has 1 amide bonds. The van der Waals surface area contributed by atoms with Crippen molar-refractivity contribution in [1.29, 1.82) is 0 Å². The van der Waals surface area contributed by atoms with E-state index in [0.717, 1.165) is 47.7 Å². The van der Waals surface area contributed by atoms with Crippen molar-refractivity contribution >= 4 is 11.7 Å². The fraction of sp³-hybridized carbons (Fsp3) is 0.481. The Morgan fingerprint density at radius 2 is 2.05 bits per heavy atom. The van der Waals surface area contributed by atoms with E-state index in [0.29, 0.717) is 37.0 Å². The summed E-state index contributed by atoms with van der Waals surface area (Å²) in [6, 6.07) is 9.57. The van der Waals surface area contributed by atoms with Crippen molar-refractivity contribution in [3.05, 3.63) is 41.8 Å². The summed E-state index contributed by atoms with van der Waals surface area (Å²) in [7, 11) is 1.79. The highest BCUT2D eigenvalue weighted by Crippen LogP contribution is 2.45. The van der Waals surface area contributed by atoms with Gasteiger partial charge in [0.15, 0.2) is 5.82 Å². The molecule has 1 aliphatic carbocycles. The molecule has 5 rings (SSSR count). The van der Waals surface area contributed by atoms with Gasteiger partial charge in [-0.2, -0.15) is 0 Å². The molecule has 196 valence electrons. The van der Waals surface area contributed by atoms with Gasteiger partial charge in [-0.25, -0.2) is 9.97 Å². The van der Waals surface area contributed by atoms with E-state index in [1.807, 2.05) is 49.1 Å². The quantitative estimate of drug-likeness (QED) is 0.475. The molecule has 10 nitrogen and oxygen atoms in total. The highest BCUT2D eigenvalue weighted by molar-refractivity contribution is 5.76. The fourth-order valence-electron chi connectivity index (χ4n) is 5.15. The van der Waals surface area contributed by atoms with Crippen molar-refractivity contribution in [2.24, 2.45) is 0 Å². The van der Waals surface area contributed by atoms with Crippen LogP contribution in [-0.4, -0.2) is 82.5 Å². The predicted octanol–water partition coefficient (Wildman–Crippen LogP) is 2.58. The van der Waals surface area contributed by atoms with Gasteiger partial charge < -0.3 is 29.5 Å². The summed E-state index contributed by atoms with van der Waals surface area (Å²) < 4.78 is 11.3. The van der Waals surface area contributed by atoms with E-state index in [1.54, 1.807) is 14.0 Å². The molecule has 3 heterocycles. The average molecular weight is 507 g/mol. The number of aliphatic hydroxyl groups is 1. The second-order valence-corrected chi connectivity index (χ2v) is 10.0. The smallest absolute Gasteiger partial charge is 0.220 e. The summed E-state index contributed by atoms with van der Waals surface area (Å²) in [4.78, 5) is 26.4. The van der Waals surface area contributed by atoms with E-state index < -0.39 is 6.10 Å². The Morgan fingerprint density at radius 3 is 2.73 bits per heavy atom. The molecule has 10 heteroatoms. The van der Waals surface area contributed by atoms with Crippen molar-refractivity contribution in [1.82, 2.24) is 25.3 Å². The predicted molar refractivity (Wildman–Crippen MR) is 139 cm³/mol. The van der Waals surface area contributed by atoms with Crippen LogP contribution in [0.15, 0.2) is 34.9 Å². The van der Waals surface area contributed by atoms with Gasteiger partial charge in [0.1, 0.15) is 30.0 Å². The lowest BCUT2D eigenvalue weighted by atomic mass is 10.1. The van der Waals surface area contributed by atoms with Gasteiger partial charge in [0.05, 0.1) is 22.5 Å². The molecule has 2 fully saturated rings. The van der Waals surface area contributed by atoms with Crippen LogP contribution in [0.25, 0.3) is 22.6 Å². The van der Waals surface area contributed by atoms with Crippen LogP contribution in [0.2, 0.25) is 0 Å². The lowest BCUT2D eigenvalue weighted by Crippen LogP contribution is -2.56. The fourth-order valence-corrected chi connectivity index (χ4v) is 5.15. The van der Waals surface area contributed by atoms with Gasteiger partial charge in [-0.3, -0.25) is 4.79 Å². The van der Waals surface area contributed by atoms with E-state index in [2.05, 4.69) is 15.4 Å². The van der Waals surface area contributed by atoms with Crippen LogP contribution in [0.5, 0.6) is 5.75 Å². The number of carbonyl (C=O) groups is 1. The monoisotopic (exact) mass is 506 g/mol. The molecule has 1 atom stereocenters. The summed E-state index contributed by atoms with van der Waals surface area (Å²) in [6.07, 6.45) is 1.41. The van der Waals surface area contributed by atoms with Crippen LogP contribution < -0.4 is 15.0 Å². The first-order valence-electron chi connectivity index (χ1n) is 12.7. The van der Waals surface area contributed by atoms with Crippen molar-refractivity contribution in [2.75, 3.05) is 44.7 Å². The number of aromatic nitrogens is 3. The van der Waals surface area contributed by atoms with Crippen LogP contribution in [0.1, 0.15) is 31.2 Å². The first-order chi connectivity index (χ1) is 17.8. The third-order valence-corrected chi connectivity index (χ3v) is 7.16. The Kier molecular flexibility index (Phi) is 6.87. The lowest BCUT2D eigenvalue weighted by molar-refractivity contribution is -0.132. The summed E-state index contributed by atoms with van der Waals surface area (Å²) in [5.74, 6) is 2.84. The molecule has 3 aromatic rings. The third kappa shape index (κ3) is 5.17. The van der Waals surface area contributed by atoms with Crippen LogP contribution in [0.3, 0.4) is 0 Å². The zero-order valence-corrected chi connectivity index (χ0v) is 21.8. The Labute approximate surface area is 216 Å². The van der Waals surface area contributed by atoms with Gasteiger partial charge >= 0.3 is 0 Å². The van der Waals surface area contributed by atoms with Crippen LogP contribution >= 0.6 is 0 Å². The lowest BCUT2D eigenvalue weighted by Gasteiger charge is -2.42. The first kappa shape index (κ1) is 25.2. The number of piperazine rings is 1. The molecule has 1 aromatic carbocycles. The van der Waals surface area contributed by atoms with Crippen LogP contribution in [0.4, 0.5) is 5.82 Å². The van der Waals surface area contributed by atoms with Crippen molar-refractivity contribution in [2.45, 2.75) is 45.3 Å². The van der Waals surface area contributed by atoms with Gasteiger partial charge in [0.2, 0.25) is 5.91 Å². The maximum atomic E-state index is 12.2. The molecule has 2 aromatic heterocycles. The zero-order chi connectivity index (χ0) is 26.2. The zero-order valence-electron chi connectivity index (χ0n) is 21.8. The van der Waals surface area contributed by atoms with E-state index >= 15 is 0 Å². The SMILES string of the molecule is CNCC(O)COc1cccc(-c2nc(-c3c(C)noc3C)cc(N3CCN(C(C)=O)C4(CC4)C3)n2)c1. The minimum atomic E-state index is -0.609. The largest absolute Gasteiger partial charge is 0.491 e. The van der Waals surface area contributed by atoms with Gasteiger partial charge in [0.25, 0.3) is 0 Å². The van der Waals surface area contributed by atoms with Crippen LogP contribution in [0, 0.1) is 13.8 Å². The molecule has 1 saturated carbocycles.